The van der Waals surface area contributed by atoms with Gasteiger partial charge in [-0.05, 0) is 48.6 Å². The molecule has 14 heavy (non-hydrogen) atoms. The highest BCUT2D eigenvalue weighted by Crippen LogP contribution is 2.52. The Morgan fingerprint density at radius 3 is 3.07 bits per heavy atom. The van der Waals surface area contributed by atoms with Gasteiger partial charge in [0.05, 0.1) is 0 Å². The van der Waals surface area contributed by atoms with Gasteiger partial charge in [0.25, 0.3) is 0 Å². The molecule has 0 bridgehead atoms. The fourth-order valence-electron chi connectivity index (χ4n) is 2.99. The zero-order valence-corrected chi connectivity index (χ0v) is 9.66. The van der Waals surface area contributed by atoms with Crippen molar-refractivity contribution in [3.63, 3.8) is 0 Å². The first kappa shape index (κ1) is 8.93. The molecule has 1 aliphatic carbocycles. The van der Waals surface area contributed by atoms with Crippen LogP contribution in [-0.2, 0) is 12.0 Å². The molecular weight excluding hydrogens is 190 g/mol. The monoisotopic (exact) mass is 207 g/mol. The maximum Gasteiger partial charge on any atom is 0.0448 e. The third kappa shape index (κ3) is 1.10. The second-order valence-corrected chi connectivity index (χ2v) is 5.96. The smallest absolute Gasteiger partial charge is 0.0448 e. The predicted molar refractivity (Wildman–Crippen MR) is 60.6 cm³/mol. The topological polar surface area (TPSA) is 12.0 Å². The van der Waals surface area contributed by atoms with E-state index in [4.69, 9.17) is 0 Å². The summed E-state index contributed by atoms with van der Waals surface area (Å²) in [6.07, 6.45) is 2.63. The van der Waals surface area contributed by atoms with Crippen LogP contribution >= 0.6 is 11.3 Å². The molecule has 0 radical (unpaired) electrons. The Hall–Kier alpha value is -0.340. The maximum atomic E-state index is 3.74. The van der Waals surface area contributed by atoms with Crippen LogP contribution in [0.15, 0.2) is 11.4 Å². The summed E-state index contributed by atoms with van der Waals surface area (Å²) in [6.45, 7) is 5.93. The van der Waals surface area contributed by atoms with Gasteiger partial charge in [-0.15, -0.1) is 11.3 Å². The summed E-state index contributed by atoms with van der Waals surface area (Å²) in [7, 11) is 0. The van der Waals surface area contributed by atoms with Crippen molar-refractivity contribution >= 4 is 11.3 Å². The third-order valence-electron chi connectivity index (χ3n) is 4.00. The second-order valence-electron chi connectivity index (χ2n) is 4.96. The zero-order valence-electron chi connectivity index (χ0n) is 8.84. The molecule has 3 atom stereocenters. The molecule has 1 aromatic heterocycles. The first-order chi connectivity index (χ1) is 6.72. The zero-order chi connectivity index (χ0) is 9.76. The van der Waals surface area contributed by atoms with Crippen LogP contribution < -0.4 is 5.32 Å². The summed E-state index contributed by atoms with van der Waals surface area (Å²) in [5.41, 5.74) is 1.87. The lowest BCUT2D eigenvalue weighted by molar-refractivity contribution is 0.293. The van der Waals surface area contributed by atoms with Crippen LogP contribution in [0.4, 0.5) is 0 Å². The minimum Gasteiger partial charge on any atom is -0.307 e. The van der Waals surface area contributed by atoms with E-state index in [1.807, 2.05) is 11.3 Å². The van der Waals surface area contributed by atoms with E-state index < -0.39 is 0 Å². The van der Waals surface area contributed by atoms with Crippen LogP contribution in [0.1, 0.15) is 30.7 Å². The van der Waals surface area contributed by atoms with Gasteiger partial charge in [-0.1, -0.05) is 6.92 Å². The highest BCUT2D eigenvalue weighted by molar-refractivity contribution is 7.10. The molecule has 1 fully saturated rings. The Bertz CT molecular complexity index is 357. The van der Waals surface area contributed by atoms with E-state index >= 15 is 0 Å². The standard InChI is InChI=1S/C12H17NS/c1-8-7-10(8)12(2)9-4-6-14-11(9)3-5-13-12/h4,6,8,10,13H,3,5,7H2,1-2H3. The highest BCUT2D eigenvalue weighted by Gasteiger charge is 2.50. The van der Waals surface area contributed by atoms with Crippen molar-refractivity contribution in [3.8, 4) is 0 Å². The van der Waals surface area contributed by atoms with E-state index in [-0.39, 0.29) is 5.54 Å². The SMILES string of the molecule is CC1CC1C1(C)NCCc2sccc21. The number of nitrogens with one attached hydrogen (secondary N) is 1. The van der Waals surface area contributed by atoms with Gasteiger partial charge in [0.1, 0.15) is 0 Å². The molecule has 2 aliphatic rings. The van der Waals surface area contributed by atoms with Crippen molar-refractivity contribution in [1.29, 1.82) is 0 Å². The van der Waals surface area contributed by atoms with Crippen molar-refractivity contribution in [2.75, 3.05) is 6.54 Å². The largest absolute Gasteiger partial charge is 0.307 e. The Balaban J connectivity index is 2.02. The van der Waals surface area contributed by atoms with E-state index in [0.29, 0.717) is 0 Å². The second kappa shape index (κ2) is 2.83. The lowest BCUT2D eigenvalue weighted by atomic mass is 9.83. The first-order valence-electron chi connectivity index (χ1n) is 5.53. The Morgan fingerprint density at radius 2 is 2.36 bits per heavy atom. The molecule has 2 heteroatoms. The molecule has 3 rings (SSSR count). The highest BCUT2D eigenvalue weighted by atomic mass is 32.1. The molecule has 76 valence electrons. The number of thiophene rings is 1. The quantitative estimate of drug-likeness (QED) is 0.746. The van der Waals surface area contributed by atoms with E-state index in [1.165, 1.54) is 12.8 Å². The average molecular weight is 207 g/mol. The summed E-state index contributed by atoms with van der Waals surface area (Å²) in [4.78, 5) is 1.62. The van der Waals surface area contributed by atoms with Crippen LogP contribution in [-0.4, -0.2) is 6.54 Å². The maximum absolute atomic E-state index is 3.74. The van der Waals surface area contributed by atoms with Gasteiger partial charge in [0.15, 0.2) is 0 Å². The van der Waals surface area contributed by atoms with Crippen LogP contribution in [0.2, 0.25) is 0 Å². The normalized spacial score (nSPS) is 40.7. The van der Waals surface area contributed by atoms with Gasteiger partial charge in [0.2, 0.25) is 0 Å². The van der Waals surface area contributed by atoms with E-state index in [9.17, 15) is 0 Å². The lowest BCUT2D eigenvalue weighted by Crippen LogP contribution is -2.46. The molecule has 0 saturated heterocycles. The van der Waals surface area contributed by atoms with Crippen molar-refractivity contribution < 1.29 is 0 Å². The molecule has 2 heterocycles. The molecule has 1 aromatic rings. The van der Waals surface area contributed by atoms with Gasteiger partial charge >= 0.3 is 0 Å². The van der Waals surface area contributed by atoms with E-state index in [1.54, 1.807) is 10.4 Å². The average Bonchev–Trinajstić information content (AvgIpc) is 2.73. The molecule has 1 saturated carbocycles. The van der Waals surface area contributed by atoms with Crippen molar-refractivity contribution in [2.45, 2.75) is 32.2 Å². The van der Waals surface area contributed by atoms with Gasteiger partial charge in [-0.25, -0.2) is 0 Å². The van der Waals surface area contributed by atoms with Gasteiger partial charge < -0.3 is 5.32 Å². The summed E-state index contributed by atoms with van der Waals surface area (Å²) >= 11 is 1.93. The van der Waals surface area contributed by atoms with Gasteiger partial charge in [0, 0.05) is 17.0 Å². The Labute approximate surface area is 89.5 Å². The Kier molecular flexibility index (Phi) is 1.80. The van der Waals surface area contributed by atoms with E-state index in [2.05, 4.69) is 30.6 Å². The molecule has 3 unspecified atom stereocenters. The summed E-state index contributed by atoms with van der Waals surface area (Å²) in [5.74, 6) is 1.79. The molecule has 1 aliphatic heterocycles. The van der Waals surface area contributed by atoms with Gasteiger partial charge in [-0.3, -0.25) is 0 Å². The molecule has 0 spiro atoms. The summed E-state index contributed by atoms with van der Waals surface area (Å²) < 4.78 is 0. The van der Waals surface area contributed by atoms with Crippen LogP contribution in [0.25, 0.3) is 0 Å². The van der Waals surface area contributed by atoms with Crippen LogP contribution in [0.3, 0.4) is 0 Å². The number of fused-ring (bicyclic) bond motifs is 1. The first-order valence-corrected chi connectivity index (χ1v) is 6.41. The third-order valence-corrected chi connectivity index (χ3v) is 4.98. The van der Waals surface area contributed by atoms with Gasteiger partial charge in [-0.2, -0.15) is 0 Å². The van der Waals surface area contributed by atoms with Crippen LogP contribution in [0.5, 0.6) is 0 Å². The molecular formula is C12H17NS. The van der Waals surface area contributed by atoms with Crippen molar-refractivity contribution in [2.24, 2.45) is 11.8 Å². The fraction of sp³-hybridized carbons (Fsp3) is 0.667. The van der Waals surface area contributed by atoms with Crippen LogP contribution in [0, 0.1) is 11.8 Å². The minimum absolute atomic E-state index is 0.285. The molecule has 0 amide bonds. The fourth-order valence-corrected chi connectivity index (χ4v) is 3.98. The molecule has 1 nitrogen and oxygen atoms in total. The predicted octanol–water partition coefficient (Wildman–Crippen LogP) is 2.77. The summed E-state index contributed by atoms with van der Waals surface area (Å²) in [5, 5.41) is 5.99. The Morgan fingerprint density at radius 1 is 1.57 bits per heavy atom. The molecule has 1 N–H and O–H groups in total. The van der Waals surface area contributed by atoms with E-state index in [0.717, 1.165) is 18.4 Å². The molecule has 0 aromatic carbocycles. The van der Waals surface area contributed by atoms with Crippen molar-refractivity contribution in [3.05, 3.63) is 21.9 Å². The lowest BCUT2D eigenvalue weighted by Gasteiger charge is -2.36. The minimum atomic E-state index is 0.285. The number of hydrogen-bond acceptors (Lipinski definition) is 2. The number of hydrogen-bond donors (Lipinski definition) is 1. The number of rotatable bonds is 1. The van der Waals surface area contributed by atoms with Crippen molar-refractivity contribution in [1.82, 2.24) is 5.32 Å². The summed E-state index contributed by atoms with van der Waals surface area (Å²) in [6, 6.07) is 2.33.